The number of hydrogen-bond donors (Lipinski definition) is 3. The van der Waals surface area contributed by atoms with Crippen molar-refractivity contribution in [3.05, 3.63) is 23.3 Å². The minimum Gasteiger partial charge on any atom is -0.364 e. The van der Waals surface area contributed by atoms with Gasteiger partial charge in [-0.1, -0.05) is 13.3 Å². The van der Waals surface area contributed by atoms with Gasteiger partial charge >= 0.3 is 0 Å². The molecule has 11 heteroatoms. The molecule has 4 N–H and O–H groups in total. The maximum Gasteiger partial charge on any atom is 0.265 e. The van der Waals surface area contributed by atoms with Crippen molar-refractivity contribution in [3.63, 3.8) is 0 Å². The molecule has 1 aliphatic heterocycles. The third-order valence-electron chi connectivity index (χ3n) is 4.55. The van der Waals surface area contributed by atoms with Crippen molar-refractivity contribution in [1.29, 1.82) is 0 Å². The molecule has 1 saturated heterocycles. The zero-order valence-electron chi connectivity index (χ0n) is 15.5. The Morgan fingerprint density at radius 1 is 1.43 bits per heavy atom. The Morgan fingerprint density at radius 2 is 2.21 bits per heavy atom. The second-order valence-corrected chi connectivity index (χ2v) is 9.53. The number of H-pyrrole nitrogens is 1. The molecule has 0 bridgehead atoms. The Bertz CT molecular complexity index is 966. The molecule has 0 saturated carbocycles. The van der Waals surface area contributed by atoms with Crippen molar-refractivity contribution >= 4 is 38.3 Å². The van der Waals surface area contributed by atoms with Gasteiger partial charge in [0.2, 0.25) is 15.9 Å². The lowest BCUT2D eigenvalue weighted by atomic mass is 10.0. The largest absolute Gasteiger partial charge is 0.364 e. The number of nitrogens with zero attached hydrogens (tertiary/aromatic N) is 2. The van der Waals surface area contributed by atoms with E-state index in [0.29, 0.717) is 35.8 Å². The summed E-state index contributed by atoms with van der Waals surface area (Å²) >= 11 is 1.23. The predicted molar refractivity (Wildman–Crippen MR) is 107 cm³/mol. The van der Waals surface area contributed by atoms with Gasteiger partial charge in [-0.25, -0.2) is 13.4 Å². The number of nitrogens with one attached hydrogen (secondary N) is 2. The summed E-state index contributed by atoms with van der Waals surface area (Å²) in [4.78, 5) is 31.1. The van der Waals surface area contributed by atoms with Crippen LogP contribution in [-0.4, -0.2) is 52.8 Å². The third-order valence-corrected chi connectivity index (χ3v) is 7.39. The molecule has 152 valence electrons. The van der Waals surface area contributed by atoms with E-state index in [0.717, 1.165) is 12.8 Å². The first-order valence-corrected chi connectivity index (χ1v) is 11.5. The second kappa shape index (κ2) is 8.41. The van der Waals surface area contributed by atoms with E-state index in [1.54, 1.807) is 24.6 Å². The Kier molecular flexibility index (Phi) is 6.16. The van der Waals surface area contributed by atoms with Crippen LogP contribution in [0.15, 0.2) is 17.6 Å². The number of aromatic nitrogens is 2. The van der Waals surface area contributed by atoms with E-state index in [-0.39, 0.29) is 17.4 Å². The molecule has 0 radical (unpaired) electrons. The minimum absolute atomic E-state index is 0.0356. The van der Waals surface area contributed by atoms with Crippen LogP contribution in [0.25, 0.3) is 11.3 Å². The minimum atomic E-state index is -3.46. The van der Waals surface area contributed by atoms with Crippen LogP contribution in [0.5, 0.6) is 0 Å². The zero-order valence-corrected chi connectivity index (χ0v) is 17.1. The fourth-order valence-electron chi connectivity index (χ4n) is 3.21. The number of carbonyl (C=O) groups excluding carboxylic acids is 2. The Morgan fingerprint density at radius 3 is 2.89 bits per heavy atom. The standard InChI is InChI=1S/C17H23N5O4S2/c1-2-7-28(25,26)22-6-4-3-5-14(22)16(24)21-17-20-13(10-27-17)11-8-12(15(18)23)19-9-11/h8-10,14,19H,2-7H2,1H3,(H2,18,23)(H,20,21,24). The van der Waals surface area contributed by atoms with Crippen LogP contribution in [0.4, 0.5) is 5.13 Å². The first-order chi connectivity index (χ1) is 13.3. The smallest absolute Gasteiger partial charge is 0.265 e. The van der Waals surface area contributed by atoms with Crippen molar-refractivity contribution in [2.75, 3.05) is 17.6 Å². The number of rotatable bonds is 7. The van der Waals surface area contributed by atoms with Gasteiger partial charge in [-0.2, -0.15) is 4.31 Å². The molecule has 1 unspecified atom stereocenters. The van der Waals surface area contributed by atoms with Crippen molar-refractivity contribution < 1.29 is 18.0 Å². The molecule has 2 aromatic rings. The van der Waals surface area contributed by atoms with Crippen LogP contribution in [0, 0.1) is 0 Å². The highest BCUT2D eigenvalue weighted by atomic mass is 32.2. The predicted octanol–water partition coefficient (Wildman–Crippen LogP) is 1.77. The molecule has 1 fully saturated rings. The van der Waals surface area contributed by atoms with Gasteiger partial charge in [-0.05, 0) is 25.3 Å². The van der Waals surface area contributed by atoms with Crippen molar-refractivity contribution in [1.82, 2.24) is 14.3 Å². The van der Waals surface area contributed by atoms with Gasteiger partial charge in [0.15, 0.2) is 5.13 Å². The summed E-state index contributed by atoms with van der Waals surface area (Å²) < 4.78 is 26.3. The number of sulfonamides is 1. The maximum absolute atomic E-state index is 12.8. The third kappa shape index (κ3) is 4.42. The number of carbonyl (C=O) groups is 2. The number of thiazole rings is 1. The highest BCUT2D eigenvalue weighted by molar-refractivity contribution is 7.89. The lowest BCUT2D eigenvalue weighted by molar-refractivity contribution is -0.120. The van der Waals surface area contributed by atoms with Crippen molar-refractivity contribution in [3.8, 4) is 11.3 Å². The highest BCUT2D eigenvalue weighted by Gasteiger charge is 2.36. The topological polar surface area (TPSA) is 138 Å². The van der Waals surface area contributed by atoms with Gasteiger partial charge < -0.3 is 16.0 Å². The molecule has 1 atom stereocenters. The van der Waals surface area contributed by atoms with E-state index < -0.39 is 22.0 Å². The molecule has 0 aromatic carbocycles. The first-order valence-electron chi connectivity index (χ1n) is 9.06. The summed E-state index contributed by atoms with van der Waals surface area (Å²) in [5.41, 5.74) is 6.76. The molecule has 28 heavy (non-hydrogen) atoms. The van der Waals surface area contributed by atoms with Gasteiger partial charge in [0.05, 0.1) is 11.4 Å². The van der Waals surface area contributed by atoms with Crippen LogP contribution in [0.2, 0.25) is 0 Å². The van der Waals surface area contributed by atoms with Crippen LogP contribution < -0.4 is 11.1 Å². The number of piperidine rings is 1. The average Bonchev–Trinajstić information content (AvgIpc) is 3.31. The lowest BCUT2D eigenvalue weighted by Crippen LogP contribution is -2.50. The van der Waals surface area contributed by atoms with E-state index >= 15 is 0 Å². The lowest BCUT2D eigenvalue weighted by Gasteiger charge is -2.33. The summed E-state index contributed by atoms with van der Waals surface area (Å²) in [5.74, 6) is -0.902. The maximum atomic E-state index is 12.8. The Balaban J connectivity index is 1.73. The van der Waals surface area contributed by atoms with Crippen LogP contribution in [0.3, 0.4) is 0 Å². The van der Waals surface area contributed by atoms with Gasteiger partial charge in [-0.3, -0.25) is 9.59 Å². The summed E-state index contributed by atoms with van der Waals surface area (Å²) in [7, 11) is -3.46. The van der Waals surface area contributed by atoms with E-state index in [9.17, 15) is 18.0 Å². The summed E-state index contributed by atoms with van der Waals surface area (Å²) in [5, 5.41) is 4.86. The monoisotopic (exact) mass is 425 g/mol. The molecule has 9 nitrogen and oxygen atoms in total. The van der Waals surface area contributed by atoms with Gasteiger partial charge in [0.1, 0.15) is 11.7 Å². The number of primary amides is 1. The van der Waals surface area contributed by atoms with Crippen molar-refractivity contribution in [2.24, 2.45) is 5.73 Å². The van der Waals surface area contributed by atoms with Gasteiger partial charge in [-0.15, -0.1) is 11.3 Å². The number of nitrogens with two attached hydrogens (primary N) is 1. The van der Waals surface area contributed by atoms with Crippen LogP contribution in [-0.2, 0) is 14.8 Å². The molecular formula is C17H23N5O4S2. The van der Waals surface area contributed by atoms with Gasteiger partial charge in [0.25, 0.3) is 5.91 Å². The summed E-state index contributed by atoms with van der Waals surface area (Å²) in [6, 6.07) is 0.870. The quantitative estimate of drug-likeness (QED) is 0.620. The fraction of sp³-hybridized carbons (Fsp3) is 0.471. The molecule has 0 aliphatic carbocycles. The molecule has 3 heterocycles. The number of aromatic amines is 1. The molecular weight excluding hydrogens is 402 g/mol. The van der Waals surface area contributed by atoms with Crippen LogP contribution in [0.1, 0.15) is 43.1 Å². The van der Waals surface area contributed by atoms with Crippen molar-refractivity contribution in [2.45, 2.75) is 38.6 Å². The van der Waals surface area contributed by atoms with E-state index in [2.05, 4.69) is 15.3 Å². The zero-order chi connectivity index (χ0) is 20.3. The summed E-state index contributed by atoms with van der Waals surface area (Å²) in [6.07, 6.45) is 4.17. The first kappa shape index (κ1) is 20.5. The Hall–Kier alpha value is -2.24. The number of hydrogen-bond acceptors (Lipinski definition) is 6. The summed E-state index contributed by atoms with van der Waals surface area (Å²) in [6.45, 7) is 2.17. The molecule has 2 amide bonds. The van der Waals surface area contributed by atoms with E-state index in [4.69, 9.17) is 5.73 Å². The molecule has 1 aliphatic rings. The fourth-order valence-corrected chi connectivity index (χ4v) is 5.68. The number of amides is 2. The van der Waals surface area contributed by atoms with Crippen LogP contribution >= 0.6 is 11.3 Å². The molecule has 3 rings (SSSR count). The Labute approximate surface area is 167 Å². The SMILES string of the molecule is CCCS(=O)(=O)N1CCCCC1C(=O)Nc1nc(-c2c[nH]c(C(N)=O)c2)cs1. The highest BCUT2D eigenvalue weighted by Crippen LogP contribution is 2.27. The normalized spacial score (nSPS) is 18.1. The van der Waals surface area contributed by atoms with E-state index in [1.165, 1.54) is 15.6 Å². The number of anilines is 1. The molecule has 0 spiro atoms. The second-order valence-electron chi connectivity index (χ2n) is 6.63. The molecule has 2 aromatic heterocycles. The van der Waals surface area contributed by atoms with Gasteiger partial charge in [0, 0.05) is 23.7 Å². The van der Waals surface area contributed by atoms with E-state index in [1.807, 2.05) is 0 Å². The average molecular weight is 426 g/mol.